The van der Waals surface area contributed by atoms with Gasteiger partial charge in [0.05, 0.1) is 5.92 Å². The van der Waals surface area contributed by atoms with Crippen LogP contribution in [0.4, 0.5) is 17.6 Å². The normalized spacial score (nSPS) is 21.9. The number of benzene rings is 1. The third-order valence-corrected chi connectivity index (χ3v) is 6.25. The maximum atomic E-state index is 13.0. The second-order valence-corrected chi connectivity index (χ2v) is 8.02. The number of hydrogen-bond acceptors (Lipinski definition) is 6. The van der Waals surface area contributed by atoms with Crippen LogP contribution < -0.4 is 16.4 Å². The van der Waals surface area contributed by atoms with Gasteiger partial charge in [0, 0.05) is 32.2 Å². The number of nitrogens with zero attached hydrogens (tertiary/aromatic N) is 4. The lowest BCUT2D eigenvalue weighted by Gasteiger charge is -2.50. The molecule has 148 valence electrons. The minimum atomic E-state index is -0.0493. The summed E-state index contributed by atoms with van der Waals surface area (Å²) in [5, 5.41) is 0. The fourth-order valence-corrected chi connectivity index (χ4v) is 4.71. The third-order valence-electron chi connectivity index (χ3n) is 6.25. The number of likely N-dealkylation sites (tertiary alicyclic amines) is 1. The fraction of sp³-hybridized carbons (Fsp3) is 0.476. The van der Waals surface area contributed by atoms with Gasteiger partial charge in [-0.1, -0.05) is 30.3 Å². The Labute approximate surface area is 165 Å². The highest BCUT2D eigenvalue weighted by Crippen LogP contribution is 2.46. The number of amides is 1. The van der Waals surface area contributed by atoms with Gasteiger partial charge >= 0.3 is 0 Å². The summed E-state index contributed by atoms with van der Waals surface area (Å²) in [5.74, 6) is 1.61. The van der Waals surface area contributed by atoms with Crippen molar-refractivity contribution in [3.8, 4) is 0 Å². The van der Waals surface area contributed by atoms with Crippen molar-refractivity contribution in [2.45, 2.75) is 32.1 Å². The fourth-order valence-electron chi connectivity index (χ4n) is 4.71. The summed E-state index contributed by atoms with van der Waals surface area (Å²) in [4.78, 5) is 25.6. The highest BCUT2D eigenvalue weighted by Gasteiger charge is 2.45. The van der Waals surface area contributed by atoms with Crippen LogP contribution in [0.15, 0.2) is 36.4 Å². The molecule has 7 nitrogen and oxygen atoms in total. The van der Waals surface area contributed by atoms with Gasteiger partial charge in [-0.3, -0.25) is 4.79 Å². The predicted molar refractivity (Wildman–Crippen MR) is 111 cm³/mol. The smallest absolute Gasteiger partial charge is 0.230 e. The Bertz CT molecular complexity index is 827. The van der Waals surface area contributed by atoms with Crippen LogP contribution in [0.25, 0.3) is 0 Å². The minimum absolute atomic E-state index is 0.0493. The lowest BCUT2D eigenvalue weighted by Crippen LogP contribution is -2.54. The van der Waals surface area contributed by atoms with Crippen LogP contribution in [0, 0.1) is 5.41 Å². The molecule has 2 aromatic rings. The highest BCUT2D eigenvalue weighted by atomic mass is 16.2. The van der Waals surface area contributed by atoms with Gasteiger partial charge in [0.25, 0.3) is 0 Å². The highest BCUT2D eigenvalue weighted by molar-refractivity contribution is 5.84. The number of nitrogens with two attached hydrogens (primary N) is 2. The van der Waals surface area contributed by atoms with Crippen molar-refractivity contribution in [1.29, 1.82) is 0 Å². The van der Waals surface area contributed by atoms with Crippen LogP contribution >= 0.6 is 0 Å². The number of hydrogen-bond donors (Lipinski definition) is 2. The number of likely N-dealkylation sites (N-methyl/N-ethyl adjacent to an activating group) is 1. The van der Waals surface area contributed by atoms with Crippen LogP contribution in [0.1, 0.15) is 37.7 Å². The van der Waals surface area contributed by atoms with E-state index in [-0.39, 0.29) is 23.2 Å². The number of carbonyl (C=O) groups excluding carboxylic acids is 1. The van der Waals surface area contributed by atoms with Crippen molar-refractivity contribution >= 4 is 23.5 Å². The Hall–Kier alpha value is -2.83. The molecule has 0 unspecified atom stereocenters. The summed E-state index contributed by atoms with van der Waals surface area (Å²) in [6.07, 6.45) is 2.95. The standard InChI is InChI=1S/C21H28N6O/c1-2-26-14-21(13-16(19(26)28)15-6-4-3-5-7-15)8-10-27(11-9-21)18-12-17(22)24-20(23)25-18/h3-7,12,16H,2,8-11,13-14H2,1H3,(H4,22,23,24,25)/t16-/m0/s1. The van der Waals surface area contributed by atoms with Crippen LogP contribution in [0.5, 0.6) is 0 Å². The van der Waals surface area contributed by atoms with Gasteiger partial charge < -0.3 is 21.3 Å². The Kier molecular flexibility index (Phi) is 4.83. The number of carbonyl (C=O) groups is 1. The largest absolute Gasteiger partial charge is 0.383 e. The zero-order valence-electron chi connectivity index (χ0n) is 16.3. The van der Waals surface area contributed by atoms with Gasteiger partial charge in [0.1, 0.15) is 11.6 Å². The molecule has 4 N–H and O–H groups in total. The minimum Gasteiger partial charge on any atom is -0.383 e. The van der Waals surface area contributed by atoms with Gasteiger partial charge in [0.2, 0.25) is 11.9 Å². The van der Waals surface area contributed by atoms with E-state index in [1.54, 1.807) is 6.07 Å². The van der Waals surface area contributed by atoms with Crippen molar-refractivity contribution in [3.05, 3.63) is 42.0 Å². The van der Waals surface area contributed by atoms with Crippen LogP contribution in [-0.4, -0.2) is 47.0 Å². The van der Waals surface area contributed by atoms with Gasteiger partial charge in [-0.15, -0.1) is 0 Å². The van der Waals surface area contributed by atoms with Gasteiger partial charge in [-0.05, 0) is 37.2 Å². The first kappa shape index (κ1) is 18.5. The predicted octanol–water partition coefficient (Wildman–Crippen LogP) is 2.26. The molecule has 2 aliphatic heterocycles. The third kappa shape index (κ3) is 3.48. The number of nitrogen functional groups attached to an aromatic ring is 2. The first-order chi connectivity index (χ1) is 13.5. The summed E-state index contributed by atoms with van der Waals surface area (Å²) in [5.41, 5.74) is 12.9. The average Bonchev–Trinajstić information content (AvgIpc) is 2.70. The molecule has 2 fully saturated rings. The molecule has 7 heteroatoms. The number of anilines is 3. The van der Waals surface area contributed by atoms with Crippen molar-refractivity contribution in [2.24, 2.45) is 5.41 Å². The van der Waals surface area contributed by atoms with Crippen molar-refractivity contribution in [1.82, 2.24) is 14.9 Å². The van der Waals surface area contributed by atoms with E-state index >= 15 is 0 Å². The summed E-state index contributed by atoms with van der Waals surface area (Å²) in [6.45, 7) is 5.42. The Morgan fingerprint density at radius 1 is 1.14 bits per heavy atom. The van der Waals surface area contributed by atoms with Gasteiger partial charge in [-0.25, -0.2) is 0 Å². The van der Waals surface area contributed by atoms with Crippen LogP contribution in [0.2, 0.25) is 0 Å². The molecule has 0 bridgehead atoms. The van der Waals surface area contributed by atoms with E-state index in [1.807, 2.05) is 23.1 Å². The summed E-state index contributed by atoms with van der Waals surface area (Å²) in [6, 6.07) is 12.0. The van der Waals surface area contributed by atoms with E-state index in [4.69, 9.17) is 11.5 Å². The zero-order chi connectivity index (χ0) is 19.7. The first-order valence-corrected chi connectivity index (χ1v) is 9.98. The van der Waals surface area contributed by atoms with Crippen LogP contribution in [-0.2, 0) is 4.79 Å². The lowest BCUT2D eigenvalue weighted by molar-refractivity contribution is -0.140. The molecule has 0 saturated carbocycles. The van der Waals surface area contributed by atoms with E-state index in [1.165, 1.54) is 0 Å². The molecule has 2 saturated heterocycles. The first-order valence-electron chi connectivity index (χ1n) is 9.98. The molecule has 0 aliphatic carbocycles. The second kappa shape index (κ2) is 7.30. The number of piperidine rings is 2. The second-order valence-electron chi connectivity index (χ2n) is 8.02. The maximum Gasteiger partial charge on any atom is 0.230 e. The van der Waals surface area contributed by atoms with E-state index in [0.717, 1.165) is 56.8 Å². The molecule has 1 amide bonds. The zero-order valence-corrected chi connectivity index (χ0v) is 16.3. The molecule has 1 aromatic carbocycles. The summed E-state index contributed by atoms with van der Waals surface area (Å²) < 4.78 is 0. The molecule has 0 radical (unpaired) electrons. The molecule has 4 rings (SSSR count). The molecule has 1 spiro atoms. The monoisotopic (exact) mass is 380 g/mol. The van der Waals surface area contributed by atoms with Crippen LogP contribution in [0.3, 0.4) is 0 Å². The molecule has 1 atom stereocenters. The van der Waals surface area contributed by atoms with E-state index in [0.29, 0.717) is 5.82 Å². The Morgan fingerprint density at radius 3 is 2.50 bits per heavy atom. The van der Waals surface area contributed by atoms with Crippen molar-refractivity contribution in [3.63, 3.8) is 0 Å². The summed E-state index contributed by atoms with van der Waals surface area (Å²) >= 11 is 0. The quantitative estimate of drug-likeness (QED) is 0.847. The molecule has 2 aliphatic rings. The van der Waals surface area contributed by atoms with E-state index in [9.17, 15) is 4.79 Å². The molecular formula is C21H28N6O. The Balaban J connectivity index is 1.54. The van der Waals surface area contributed by atoms with Crippen molar-refractivity contribution in [2.75, 3.05) is 42.5 Å². The number of aromatic nitrogens is 2. The van der Waals surface area contributed by atoms with Crippen molar-refractivity contribution < 1.29 is 4.79 Å². The number of rotatable bonds is 3. The molecule has 3 heterocycles. The average molecular weight is 380 g/mol. The maximum absolute atomic E-state index is 13.0. The molecule has 28 heavy (non-hydrogen) atoms. The summed E-state index contributed by atoms with van der Waals surface area (Å²) in [7, 11) is 0. The van der Waals surface area contributed by atoms with Gasteiger partial charge in [-0.2, -0.15) is 9.97 Å². The lowest BCUT2D eigenvalue weighted by atomic mass is 9.67. The molecular weight excluding hydrogens is 352 g/mol. The van der Waals surface area contributed by atoms with Gasteiger partial charge in [0.15, 0.2) is 0 Å². The Morgan fingerprint density at radius 2 is 1.86 bits per heavy atom. The molecule has 1 aromatic heterocycles. The topological polar surface area (TPSA) is 101 Å². The SMILES string of the molecule is CCN1CC2(CCN(c3cc(N)nc(N)n3)CC2)C[C@@H](c2ccccc2)C1=O. The van der Waals surface area contributed by atoms with E-state index in [2.05, 4.69) is 33.9 Å². The van der Waals surface area contributed by atoms with E-state index < -0.39 is 0 Å².